The molecule has 0 fully saturated rings. The predicted octanol–water partition coefficient (Wildman–Crippen LogP) is 0.347. The van der Waals surface area contributed by atoms with Crippen LogP contribution in [0.1, 0.15) is 20.8 Å². The minimum atomic E-state index is -0.803. The number of carbonyl (C=O) groups is 4. The largest absolute Gasteiger partial charge is 0.466 e. The molecular formula is C12H18O8. The van der Waals surface area contributed by atoms with Gasteiger partial charge in [-0.1, -0.05) is 0 Å². The Kier molecular flexibility index (Phi) is 10.5. The van der Waals surface area contributed by atoms with Crippen molar-refractivity contribution in [2.75, 3.05) is 14.2 Å². The predicted molar refractivity (Wildman–Crippen MR) is 66.2 cm³/mol. The Labute approximate surface area is 116 Å². The molecule has 0 spiro atoms. The van der Waals surface area contributed by atoms with Crippen LogP contribution in [0.2, 0.25) is 0 Å². The van der Waals surface area contributed by atoms with Gasteiger partial charge in [-0.15, -0.1) is 0 Å². The first kappa shape index (κ1) is 19.9. The van der Waals surface area contributed by atoms with Gasteiger partial charge in [-0.3, -0.25) is 9.59 Å². The Hall–Kier alpha value is -2.38. The van der Waals surface area contributed by atoms with Crippen LogP contribution in [-0.4, -0.2) is 44.2 Å². The van der Waals surface area contributed by atoms with Crippen LogP contribution in [-0.2, 0) is 38.1 Å². The molecule has 0 rings (SSSR count). The molecule has 0 aromatic heterocycles. The summed E-state index contributed by atoms with van der Waals surface area (Å²) in [6.07, 6.45) is -0.803. The molecule has 0 saturated heterocycles. The van der Waals surface area contributed by atoms with Gasteiger partial charge in [-0.2, -0.15) is 0 Å². The monoisotopic (exact) mass is 290 g/mol. The lowest BCUT2D eigenvalue weighted by Crippen LogP contribution is -2.23. The topological polar surface area (TPSA) is 105 Å². The van der Waals surface area contributed by atoms with Crippen LogP contribution in [0.3, 0.4) is 0 Å². The standard InChI is InChI=1S/C6H10O4.C6H8O4/c2*1-4(6(8)9-3)10-5(2)7/h4H,1-3H3;1H2,2-3H3/t4-;/m1./s1. The average Bonchev–Trinajstić information content (AvgIpc) is 2.35. The van der Waals surface area contributed by atoms with E-state index in [-0.39, 0.29) is 5.76 Å². The molecule has 0 aliphatic rings. The van der Waals surface area contributed by atoms with Crippen LogP contribution in [0.25, 0.3) is 0 Å². The van der Waals surface area contributed by atoms with E-state index in [9.17, 15) is 19.2 Å². The highest BCUT2D eigenvalue weighted by Crippen LogP contribution is 1.95. The molecule has 0 aliphatic carbocycles. The third-order valence-electron chi connectivity index (χ3n) is 1.56. The normalized spacial score (nSPS) is 10.1. The van der Waals surface area contributed by atoms with Crippen molar-refractivity contribution in [2.45, 2.75) is 26.9 Å². The fourth-order valence-electron chi connectivity index (χ4n) is 0.792. The molecule has 1 atom stereocenters. The number of hydrogen-bond donors (Lipinski definition) is 0. The highest BCUT2D eigenvalue weighted by molar-refractivity contribution is 5.88. The first-order valence-electron chi connectivity index (χ1n) is 5.36. The Morgan fingerprint density at radius 3 is 1.75 bits per heavy atom. The van der Waals surface area contributed by atoms with Gasteiger partial charge in [0.25, 0.3) is 0 Å². The Balaban J connectivity index is 0. The molecule has 0 radical (unpaired) electrons. The molecule has 0 aromatic carbocycles. The first-order valence-corrected chi connectivity index (χ1v) is 5.36. The summed E-state index contributed by atoms with van der Waals surface area (Å²) < 4.78 is 17.3. The van der Waals surface area contributed by atoms with Crippen molar-refractivity contribution in [3.63, 3.8) is 0 Å². The number of esters is 4. The summed E-state index contributed by atoms with van der Waals surface area (Å²) in [4.78, 5) is 41.4. The highest BCUT2D eigenvalue weighted by Gasteiger charge is 2.14. The summed E-state index contributed by atoms with van der Waals surface area (Å²) in [7, 11) is 2.42. The van der Waals surface area contributed by atoms with Crippen molar-refractivity contribution >= 4 is 23.9 Å². The minimum absolute atomic E-state index is 0.296. The molecule has 0 bridgehead atoms. The average molecular weight is 290 g/mol. The fraction of sp³-hybridized carbons (Fsp3) is 0.500. The SMILES string of the molecule is C=C(OC(C)=O)C(=O)OC.COC(=O)[C@@H](C)OC(C)=O. The quantitative estimate of drug-likeness (QED) is 0.316. The van der Waals surface area contributed by atoms with E-state index in [0.29, 0.717) is 0 Å². The molecule has 0 amide bonds. The molecule has 0 aliphatic heterocycles. The van der Waals surface area contributed by atoms with Crippen LogP contribution < -0.4 is 0 Å². The maximum Gasteiger partial charge on any atom is 0.373 e. The van der Waals surface area contributed by atoms with Crippen LogP contribution in [0.4, 0.5) is 0 Å². The van der Waals surface area contributed by atoms with Gasteiger partial charge >= 0.3 is 23.9 Å². The van der Waals surface area contributed by atoms with Crippen LogP contribution in [0, 0.1) is 0 Å². The Morgan fingerprint density at radius 2 is 1.45 bits per heavy atom. The van der Waals surface area contributed by atoms with E-state index in [1.165, 1.54) is 35.0 Å². The van der Waals surface area contributed by atoms with E-state index < -0.39 is 30.0 Å². The zero-order chi connectivity index (χ0) is 16.3. The lowest BCUT2D eigenvalue weighted by atomic mass is 10.4. The van der Waals surface area contributed by atoms with Crippen LogP contribution >= 0.6 is 0 Å². The molecule has 8 nitrogen and oxygen atoms in total. The fourth-order valence-corrected chi connectivity index (χ4v) is 0.792. The minimum Gasteiger partial charge on any atom is -0.466 e. The second kappa shape index (κ2) is 10.5. The molecule has 0 heterocycles. The van der Waals surface area contributed by atoms with Gasteiger partial charge in [0.1, 0.15) is 0 Å². The number of hydrogen-bond acceptors (Lipinski definition) is 8. The van der Waals surface area contributed by atoms with Crippen molar-refractivity contribution in [1.29, 1.82) is 0 Å². The molecule has 114 valence electrons. The van der Waals surface area contributed by atoms with Gasteiger partial charge in [0, 0.05) is 13.8 Å². The summed E-state index contributed by atoms with van der Waals surface area (Å²) >= 11 is 0. The second-order valence-corrected chi connectivity index (χ2v) is 3.28. The van der Waals surface area contributed by atoms with Crippen molar-refractivity contribution in [1.82, 2.24) is 0 Å². The molecule has 8 heteroatoms. The summed E-state index contributed by atoms with van der Waals surface area (Å²) in [5.41, 5.74) is 0. The molecular weight excluding hydrogens is 272 g/mol. The molecule has 0 aromatic rings. The van der Waals surface area contributed by atoms with Gasteiger partial charge < -0.3 is 18.9 Å². The number of carbonyl (C=O) groups excluding carboxylic acids is 4. The van der Waals surface area contributed by atoms with E-state index in [1.54, 1.807) is 0 Å². The maximum absolute atomic E-state index is 10.5. The number of rotatable bonds is 4. The van der Waals surface area contributed by atoms with Crippen molar-refractivity contribution in [2.24, 2.45) is 0 Å². The molecule has 0 unspecified atom stereocenters. The lowest BCUT2D eigenvalue weighted by molar-refractivity contribution is -0.163. The van der Waals surface area contributed by atoms with E-state index in [1.807, 2.05) is 0 Å². The third-order valence-corrected chi connectivity index (χ3v) is 1.56. The third kappa shape index (κ3) is 10.8. The van der Waals surface area contributed by atoms with E-state index in [4.69, 9.17) is 0 Å². The van der Waals surface area contributed by atoms with Gasteiger partial charge in [-0.05, 0) is 13.5 Å². The number of ether oxygens (including phenoxy) is 4. The number of methoxy groups -OCH3 is 2. The smallest absolute Gasteiger partial charge is 0.373 e. The van der Waals surface area contributed by atoms with Crippen molar-refractivity contribution in [3.8, 4) is 0 Å². The maximum atomic E-state index is 10.5. The van der Waals surface area contributed by atoms with Gasteiger partial charge in [0.05, 0.1) is 14.2 Å². The van der Waals surface area contributed by atoms with Crippen LogP contribution in [0.15, 0.2) is 12.3 Å². The van der Waals surface area contributed by atoms with E-state index >= 15 is 0 Å². The zero-order valence-electron chi connectivity index (χ0n) is 12.1. The molecule has 0 N–H and O–H groups in total. The van der Waals surface area contributed by atoms with E-state index in [2.05, 4.69) is 25.5 Å². The summed E-state index contributed by atoms with van der Waals surface area (Å²) in [6.45, 7) is 7.01. The zero-order valence-corrected chi connectivity index (χ0v) is 12.1. The van der Waals surface area contributed by atoms with Gasteiger partial charge in [0.2, 0.25) is 5.76 Å². The van der Waals surface area contributed by atoms with Crippen molar-refractivity contribution < 1.29 is 38.1 Å². The second-order valence-electron chi connectivity index (χ2n) is 3.28. The van der Waals surface area contributed by atoms with Crippen molar-refractivity contribution in [3.05, 3.63) is 12.3 Å². The van der Waals surface area contributed by atoms with Crippen LogP contribution in [0.5, 0.6) is 0 Å². The van der Waals surface area contributed by atoms with Gasteiger partial charge in [0.15, 0.2) is 6.10 Å². The lowest BCUT2D eigenvalue weighted by Gasteiger charge is -2.07. The Bertz CT molecular complexity index is 385. The highest BCUT2D eigenvalue weighted by atomic mass is 16.6. The molecule has 0 saturated carbocycles. The molecule has 20 heavy (non-hydrogen) atoms. The Morgan fingerprint density at radius 1 is 0.950 bits per heavy atom. The van der Waals surface area contributed by atoms with Gasteiger partial charge in [-0.25, -0.2) is 9.59 Å². The summed E-state index contributed by atoms with van der Waals surface area (Å²) in [5.74, 6) is -2.66. The first-order chi connectivity index (χ1) is 9.15. The summed E-state index contributed by atoms with van der Waals surface area (Å²) in [6, 6.07) is 0. The van der Waals surface area contributed by atoms with E-state index in [0.717, 1.165) is 0 Å². The summed E-state index contributed by atoms with van der Waals surface area (Å²) in [5, 5.41) is 0.